The zero-order chi connectivity index (χ0) is 24.6. The van der Waals surface area contributed by atoms with Crippen molar-refractivity contribution in [3.05, 3.63) is 83.2 Å². The smallest absolute Gasteiger partial charge is 0.230 e. The maximum Gasteiger partial charge on any atom is 0.230 e. The highest BCUT2D eigenvalue weighted by atomic mass is 32.1. The number of methoxy groups -OCH3 is 1. The molecule has 6 rings (SSSR count). The third-order valence-corrected chi connectivity index (χ3v) is 7.58. The van der Waals surface area contributed by atoms with Crippen LogP contribution in [0.4, 0.5) is 10.1 Å². The summed E-state index contributed by atoms with van der Waals surface area (Å²) < 4.78 is 27.1. The average molecular weight is 506 g/mol. The van der Waals surface area contributed by atoms with Crippen molar-refractivity contribution in [2.75, 3.05) is 38.2 Å². The molecule has 36 heavy (non-hydrogen) atoms. The van der Waals surface area contributed by atoms with Crippen molar-refractivity contribution < 1.29 is 18.7 Å². The molecule has 0 aliphatic carbocycles. The predicted octanol–water partition coefficient (Wildman–Crippen LogP) is 4.82. The molecular weight excluding hydrogens is 481 g/mol. The number of halogens is 1. The first-order chi connectivity index (χ1) is 17.6. The lowest BCUT2D eigenvalue weighted by Crippen LogP contribution is -2.48. The first kappa shape index (κ1) is 22.6. The van der Waals surface area contributed by atoms with Gasteiger partial charge >= 0.3 is 0 Å². The number of hydrogen-bond donors (Lipinski definition) is 1. The highest BCUT2D eigenvalue weighted by molar-refractivity contribution is 7.17. The molecular formula is C26H24FN5O3S. The summed E-state index contributed by atoms with van der Waals surface area (Å²) in [7, 11) is 1.65. The van der Waals surface area contributed by atoms with E-state index in [4.69, 9.17) is 9.15 Å². The minimum atomic E-state index is -0.468. The fraction of sp³-hybridized carbons (Fsp3) is 0.231. The van der Waals surface area contributed by atoms with Crippen LogP contribution in [0.15, 0.2) is 71.3 Å². The van der Waals surface area contributed by atoms with Crippen LogP contribution in [0.3, 0.4) is 0 Å². The Balaban J connectivity index is 1.32. The maximum absolute atomic E-state index is 15.1. The van der Waals surface area contributed by atoms with Gasteiger partial charge in [-0.3, -0.25) is 4.90 Å². The third-order valence-electron chi connectivity index (χ3n) is 6.51. The van der Waals surface area contributed by atoms with Crippen molar-refractivity contribution in [1.82, 2.24) is 19.5 Å². The van der Waals surface area contributed by atoms with Gasteiger partial charge in [-0.25, -0.2) is 4.39 Å². The minimum absolute atomic E-state index is 0.0360. The largest absolute Gasteiger partial charge is 0.497 e. The van der Waals surface area contributed by atoms with Gasteiger partial charge < -0.3 is 19.2 Å². The molecule has 1 fully saturated rings. The molecule has 4 heterocycles. The Labute approximate surface area is 210 Å². The number of fused-ring (bicyclic) bond motifs is 1. The van der Waals surface area contributed by atoms with E-state index in [-0.39, 0.29) is 11.7 Å². The number of hydrogen-bond acceptors (Lipinski definition) is 8. The molecule has 184 valence electrons. The first-order valence-corrected chi connectivity index (χ1v) is 12.4. The van der Waals surface area contributed by atoms with Crippen LogP contribution in [-0.2, 0) is 0 Å². The summed E-state index contributed by atoms with van der Waals surface area (Å²) in [5.41, 5.74) is 1.63. The number of furan rings is 1. The minimum Gasteiger partial charge on any atom is -0.497 e. The first-order valence-electron chi connectivity index (χ1n) is 11.6. The molecule has 1 atom stereocenters. The molecule has 1 aliphatic heterocycles. The Bertz CT molecular complexity index is 1470. The SMILES string of the molecule is COc1ccc(N2CCN(C(c3ccccc3F)c3sc4nc(-c5ccco5)nn4c3O)CC2)cc1. The standard InChI is InChI=1S/C26H24FN5O3S/c1-34-18-10-8-17(9-11-18)30-12-14-31(15-13-30)22(19-5-2-3-6-20(19)27)23-25(33)32-26(36-23)28-24(29-32)21-7-4-16-35-21/h2-11,16,22,33H,12-15H2,1H3. The summed E-state index contributed by atoms with van der Waals surface area (Å²) in [4.78, 5) is 10.2. The van der Waals surface area contributed by atoms with E-state index in [1.165, 1.54) is 21.9 Å². The Hall–Kier alpha value is -3.89. The van der Waals surface area contributed by atoms with E-state index in [0.29, 0.717) is 40.1 Å². The fourth-order valence-electron chi connectivity index (χ4n) is 4.67. The van der Waals surface area contributed by atoms with Crippen LogP contribution in [-0.4, -0.2) is 57.9 Å². The lowest BCUT2D eigenvalue weighted by Gasteiger charge is -2.40. The zero-order valence-corrected chi connectivity index (χ0v) is 20.4. The Morgan fingerprint density at radius 1 is 1.03 bits per heavy atom. The average Bonchev–Trinajstić information content (AvgIpc) is 3.65. The molecule has 0 saturated carbocycles. The van der Waals surface area contributed by atoms with Gasteiger partial charge in [-0.2, -0.15) is 9.50 Å². The summed E-state index contributed by atoms with van der Waals surface area (Å²) in [6, 6.07) is 17.8. The number of ether oxygens (including phenoxy) is 1. The van der Waals surface area contributed by atoms with Crippen molar-refractivity contribution in [3.8, 4) is 23.2 Å². The van der Waals surface area contributed by atoms with Crippen molar-refractivity contribution >= 4 is 22.0 Å². The zero-order valence-electron chi connectivity index (χ0n) is 19.5. The number of aromatic hydroxyl groups is 1. The Morgan fingerprint density at radius 2 is 1.81 bits per heavy atom. The molecule has 5 aromatic rings. The molecule has 1 aliphatic rings. The van der Waals surface area contributed by atoms with E-state index in [1.54, 1.807) is 37.6 Å². The quantitative estimate of drug-likeness (QED) is 0.355. The van der Waals surface area contributed by atoms with Crippen LogP contribution in [0, 0.1) is 5.82 Å². The molecule has 0 spiro atoms. The number of piperazine rings is 1. The second-order valence-corrected chi connectivity index (χ2v) is 9.55. The van der Waals surface area contributed by atoms with Gasteiger partial charge in [-0.1, -0.05) is 29.5 Å². The van der Waals surface area contributed by atoms with E-state index in [2.05, 4.69) is 19.9 Å². The second-order valence-electron chi connectivity index (χ2n) is 8.54. The van der Waals surface area contributed by atoms with E-state index in [1.807, 2.05) is 30.3 Å². The van der Waals surface area contributed by atoms with E-state index in [9.17, 15) is 5.11 Å². The van der Waals surface area contributed by atoms with Crippen molar-refractivity contribution in [1.29, 1.82) is 0 Å². The number of rotatable bonds is 6. The Kier molecular flexibility index (Phi) is 5.82. The second kappa shape index (κ2) is 9.29. The van der Waals surface area contributed by atoms with Crippen LogP contribution < -0.4 is 9.64 Å². The van der Waals surface area contributed by atoms with Gasteiger partial charge in [-0.15, -0.1) is 5.10 Å². The summed E-state index contributed by atoms with van der Waals surface area (Å²) in [5, 5.41) is 15.6. The lowest BCUT2D eigenvalue weighted by atomic mass is 10.0. The summed E-state index contributed by atoms with van der Waals surface area (Å²) in [5.74, 6) is 1.38. The van der Waals surface area contributed by atoms with Crippen LogP contribution in [0.2, 0.25) is 0 Å². The third kappa shape index (κ3) is 3.98. The molecule has 3 aromatic heterocycles. The highest BCUT2D eigenvalue weighted by Gasteiger charge is 2.33. The summed E-state index contributed by atoms with van der Waals surface area (Å²) in [6.45, 7) is 2.91. The van der Waals surface area contributed by atoms with Gasteiger partial charge in [0.1, 0.15) is 11.6 Å². The molecule has 0 bridgehead atoms. The Morgan fingerprint density at radius 3 is 2.47 bits per heavy atom. The number of anilines is 1. The molecule has 8 nitrogen and oxygen atoms in total. The van der Waals surface area contributed by atoms with Crippen LogP contribution >= 0.6 is 11.3 Å². The van der Waals surface area contributed by atoms with Crippen molar-refractivity contribution in [2.45, 2.75) is 6.04 Å². The number of thiazole rings is 1. The van der Waals surface area contributed by atoms with Crippen LogP contribution in [0.1, 0.15) is 16.5 Å². The monoisotopic (exact) mass is 505 g/mol. The summed E-state index contributed by atoms with van der Waals surface area (Å²) in [6.07, 6.45) is 1.55. The van der Waals surface area contributed by atoms with Gasteiger partial charge in [0.25, 0.3) is 0 Å². The molecule has 0 amide bonds. The topological polar surface area (TPSA) is 79.3 Å². The molecule has 1 saturated heterocycles. The fourth-order valence-corrected chi connectivity index (χ4v) is 5.78. The molecule has 10 heteroatoms. The van der Waals surface area contributed by atoms with Gasteiger partial charge in [0.2, 0.25) is 16.7 Å². The number of nitrogens with zero attached hydrogens (tertiary/aromatic N) is 5. The maximum atomic E-state index is 15.1. The van der Waals surface area contributed by atoms with Gasteiger partial charge in [0.05, 0.1) is 24.3 Å². The lowest BCUT2D eigenvalue weighted by molar-refractivity contribution is 0.208. The van der Waals surface area contributed by atoms with Gasteiger partial charge in [0.15, 0.2) is 5.76 Å². The predicted molar refractivity (Wildman–Crippen MR) is 135 cm³/mol. The van der Waals surface area contributed by atoms with Gasteiger partial charge in [-0.05, 0) is 42.5 Å². The van der Waals surface area contributed by atoms with E-state index in [0.717, 1.165) is 24.5 Å². The molecule has 1 unspecified atom stereocenters. The van der Waals surface area contributed by atoms with Crippen LogP contribution in [0.25, 0.3) is 16.5 Å². The van der Waals surface area contributed by atoms with Crippen molar-refractivity contribution in [3.63, 3.8) is 0 Å². The number of aromatic nitrogens is 3. The normalized spacial score (nSPS) is 15.4. The summed E-state index contributed by atoms with van der Waals surface area (Å²) >= 11 is 1.31. The highest BCUT2D eigenvalue weighted by Crippen LogP contribution is 2.41. The van der Waals surface area contributed by atoms with Crippen molar-refractivity contribution in [2.24, 2.45) is 0 Å². The van der Waals surface area contributed by atoms with Crippen LogP contribution in [0.5, 0.6) is 11.6 Å². The van der Waals surface area contributed by atoms with E-state index >= 15 is 4.39 Å². The molecule has 1 N–H and O–H groups in total. The van der Waals surface area contributed by atoms with E-state index < -0.39 is 6.04 Å². The number of benzene rings is 2. The van der Waals surface area contributed by atoms with Gasteiger partial charge in [0, 0.05) is 37.4 Å². The molecule has 2 aromatic carbocycles. The molecule has 0 radical (unpaired) electrons.